The number of ether oxygens (including phenoxy) is 2. The molecular formula is C16H19BrN2O4. The Kier molecular flexibility index (Phi) is 5.30. The first-order valence-corrected chi connectivity index (χ1v) is 7.94. The van der Waals surface area contributed by atoms with Gasteiger partial charge in [-0.25, -0.2) is 4.79 Å². The molecule has 0 aliphatic carbocycles. The maximum atomic E-state index is 12.5. The Morgan fingerprint density at radius 2 is 1.74 bits per heavy atom. The molecule has 7 heteroatoms. The molecule has 0 saturated carbocycles. The molecule has 0 spiro atoms. The lowest BCUT2D eigenvalue weighted by molar-refractivity contribution is 0.354. The van der Waals surface area contributed by atoms with E-state index < -0.39 is 0 Å². The summed E-state index contributed by atoms with van der Waals surface area (Å²) >= 11 is 3.32. The van der Waals surface area contributed by atoms with Crippen LogP contribution >= 0.6 is 15.9 Å². The summed E-state index contributed by atoms with van der Waals surface area (Å²) < 4.78 is 13.7. The van der Waals surface area contributed by atoms with Crippen LogP contribution in [-0.4, -0.2) is 23.4 Å². The van der Waals surface area contributed by atoms with Crippen molar-refractivity contribution in [3.63, 3.8) is 0 Å². The molecule has 0 bridgehead atoms. The van der Waals surface area contributed by atoms with Gasteiger partial charge < -0.3 is 9.47 Å². The molecule has 0 aliphatic heterocycles. The summed E-state index contributed by atoms with van der Waals surface area (Å²) in [5.41, 5.74) is 0.643. The predicted molar refractivity (Wildman–Crippen MR) is 91.7 cm³/mol. The van der Waals surface area contributed by atoms with Crippen LogP contribution in [0.5, 0.6) is 11.5 Å². The van der Waals surface area contributed by atoms with Crippen molar-refractivity contribution in [2.75, 3.05) is 14.2 Å². The first kappa shape index (κ1) is 17.3. The van der Waals surface area contributed by atoms with Crippen LogP contribution in [0.25, 0.3) is 0 Å². The minimum atomic E-state index is -0.343. The second-order valence-electron chi connectivity index (χ2n) is 5.02. The third kappa shape index (κ3) is 3.19. The average molecular weight is 383 g/mol. The van der Waals surface area contributed by atoms with Crippen molar-refractivity contribution in [3.05, 3.63) is 54.8 Å². The zero-order valence-corrected chi connectivity index (χ0v) is 15.1. The van der Waals surface area contributed by atoms with E-state index in [9.17, 15) is 9.59 Å². The van der Waals surface area contributed by atoms with Gasteiger partial charge >= 0.3 is 5.69 Å². The highest BCUT2D eigenvalue weighted by atomic mass is 79.9. The van der Waals surface area contributed by atoms with E-state index in [1.54, 1.807) is 39.3 Å². The van der Waals surface area contributed by atoms with Gasteiger partial charge in [-0.1, -0.05) is 6.07 Å². The van der Waals surface area contributed by atoms with E-state index in [4.69, 9.17) is 9.47 Å². The van der Waals surface area contributed by atoms with Gasteiger partial charge in [0.2, 0.25) is 0 Å². The molecule has 0 N–H and O–H groups in total. The van der Waals surface area contributed by atoms with Crippen LogP contribution in [-0.2, 0) is 13.1 Å². The van der Waals surface area contributed by atoms with Crippen molar-refractivity contribution in [2.45, 2.75) is 26.9 Å². The molecule has 0 unspecified atom stereocenters. The fourth-order valence-corrected chi connectivity index (χ4v) is 2.96. The first-order chi connectivity index (χ1) is 10.9. The highest BCUT2D eigenvalue weighted by molar-refractivity contribution is 9.10. The van der Waals surface area contributed by atoms with Gasteiger partial charge in [-0.15, -0.1) is 0 Å². The summed E-state index contributed by atoms with van der Waals surface area (Å²) in [5, 5.41) is 0. The molecule has 1 aromatic carbocycles. The maximum absolute atomic E-state index is 12.5. The fourth-order valence-electron chi connectivity index (χ4n) is 2.38. The van der Waals surface area contributed by atoms with Gasteiger partial charge in [-0.2, -0.15) is 0 Å². The molecule has 1 heterocycles. The molecule has 1 aromatic heterocycles. The summed E-state index contributed by atoms with van der Waals surface area (Å²) in [6.07, 6.45) is 0. The van der Waals surface area contributed by atoms with Crippen LogP contribution < -0.4 is 20.7 Å². The van der Waals surface area contributed by atoms with Gasteiger partial charge in [0, 0.05) is 12.1 Å². The average Bonchev–Trinajstić information content (AvgIpc) is 2.57. The highest BCUT2D eigenvalue weighted by Gasteiger charge is 2.14. The van der Waals surface area contributed by atoms with Gasteiger partial charge in [0.25, 0.3) is 5.56 Å². The lowest BCUT2D eigenvalue weighted by atomic mass is 10.2. The van der Waals surface area contributed by atoms with Gasteiger partial charge in [0.05, 0.1) is 25.4 Å². The van der Waals surface area contributed by atoms with Crippen LogP contribution in [0.2, 0.25) is 0 Å². The predicted octanol–water partition coefficient (Wildman–Crippen LogP) is 2.17. The lowest BCUT2D eigenvalue weighted by Gasteiger charge is -2.14. The summed E-state index contributed by atoms with van der Waals surface area (Å²) in [6.45, 7) is 4.21. The van der Waals surface area contributed by atoms with E-state index in [2.05, 4.69) is 15.9 Å². The van der Waals surface area contributed by atoms with Crippen LogP contribution in [0.1, 0.15) is 18.1 Å². The summed E-state index contributed by atoms with van der Waals surface area (Å²) in [6, 6.07) is 5.32. The van der Waals surface area contributed by atoms with Crippen molar-refractivity contribution >= 4 is 15.9 Å². The van der Waals surface area contributed by atoms with Crippen molar-refractivity contribution < 1.29 is 9.47 Å². The zero-order chi connectivity index (χ0) is 17.1. The Hall–Kier alpha value is -2.02. The number of nitrogens with zero attached hydrogens (tertiary/aromatic N) is 2. The number of rotatable bonds is 5. The number of aromatic nitrogens is 2. The van der Waals surface area contributed by atoms with Crippen molar-refractivity contribution in [3.8, 4) is 11.5 Å². The largest absolute Gasteiger partial charge is 0.493 e. The Balaban J connectivity index is 2.55. The molecule has 0 saturated heterocycles. The monoisotopic (exact) mass is 382 g/mol. The Bertz CT molecular complexity index is 839. The minimum Gasteiger partial charge on any atom is -0.493 e. The van der Waals surface area contributed by atoms with E-state index in [0.717, 1.165) is 5.56 Å². The molecule has 0 aliphatic rings. The zero-order valence-electron chi connectivity index (χ0n) is 13.6. The fraction of sp³-hybridized carbons (Fsp3) is 0.375. The molecule has 0 fully saturated rings. The molecule has 2 rings (SSSR count). The van der Waals surface area contributed by atoms with E-state index in [1.807, 2.05) is 6.92 Å². The van der Waals surface area contributed by atoms with E-state index in [-0.39, 0.29) is 17.8 Å². The second kappa shape index (κ2) is 7.04. The molecule has 6 nitrogen and oxygen atoms in total. The van der Waals surface area contributed by atoms with Crippen molar-refractivity contribution in [1.82, 2.24) is 9.13 Å². The van der Waals surface area contributed by atoms with Crippen LogP contribution in [0.15, 0.2) is 32.4 Å². The number of halogens is 1. The first-order valence-electron chi connectivity index (χ1n) is 7.15. The van der Waals surface area contributed by atoms with Crippen LogP contribution in [0.3, 0.4) is 0 Å². The quantitative estimate of drug-likeness (QED) is 0.743. The van der Waals surface area contributed by atoms with Gasteiger partial charge in [0.15, 0.2) is 11.5 Å². The third-order valence-corrected chi connectivity index (χ3v) is 4.70. The van der Waals surface area contributed by atoms with E-state index >= 15 is 0 Å². The summed E-state index contributed by atoms with van der Waals surface area (Å²) in [7, 11) is 3.10. The van der Waals surface area contributed by atoms with E-state index in [0.29, 0.717) is 28.2 Å². The number of benzene rings is 1. The summed E-state index contributed by atoms with van der Waals surface area (Å²) in [5.74, 6) is 1.16. The van der Waals surface area contributed by atoms with E-state index in [1.165, 1.54) is 9.13 Å². The molecule has 23 heavy (non-hydrogen) atoms. The topological polar surface area (TPSA) is 62.5 Å². The second-order valence-corrected chi connectivity index (χ2v) is 5.77. The SMILES string of the molecule is CCn1c(Br)c(C)c(=O)n(Cc2ccc(OC)c(OC)c2)c1=O. The molecule has 124 valence electrons. The van der Waals surface area contributed by atoms with Gasteiger partial charge in [-0.05, 0) is 47.5 Å². The molecule has 0 radical (unpaired) electrons. The standard InChI is InChI=1S/C16H19BrN2O4/c1-5-18-14(17)10(2)15(20)19(16(18)21)9-11-6-7-12(22-3)13(8-11)23-4/h6-8H,5,9H2,1-4H3. The Morgan fingerprint density at radius 1 is 1.09 bits per heavy atom. The minimum absolute atomic E-state index is 0.173. The summed E-state index contributed by atoms with van der Waals surface area (Å²) in [4.78, 5) is 24.9. The lowest BCUT2D eigenvalue weighted by Crippen LogP contribution is -2.41. The Morgan fingerprint density at radius 3 is 2.30 bits per heavy atom. The molecule has 0 amide bonds. The number of methoxy groups -OCH3 is 2. The highest BCUT2D eigenvalue weighted by Crippen LogP contribution is 2.27. The van der Waals surface area contributed by atoms with Gasteiger partial charge in [0.1, 0.15) is 0 Å². The van der Waals surface area contributed by atoms with Gasteiger partial charge in [-0.3, -0.25) is 13.9 Å². The number of hydrogen-bond donors (Lipinski definition) is 0. The maximum Gasteiger partial charge on any atom is 0.332 e. The van der Waals surface area contributed by atoms with Crippen molar-refractivity contribution in [2.24, 2.45) is 0 Å². The molecule has 0 atom stereocenters. The Labute approximate surface area is 142 Å². The van der Waals surface area contributed by atoms with Crippen LogP contribution in [0.4, 0.5) is 0 Å². The molecular weight excluding hydrogens is 364 g/mol. The normalized spacial score (nSPS) is 10.7. The number of hydrogen-bond acceptors (Lipinski definition) is 4. The van der Waals surface area contributed by atoms with Crippen molar-refractivity contribution in [1.29, 1.82) is 0 Å². The van der Waals surface area contributed by atoms with Crippen LogP contribution in [0, 0.1) is 6.92 Å². The third-order valence-electron chi connectivity index (χ3n) is 3.68. The molecule has 2 aromatic rings. The smallest absolute Gasteiger partial charge is 0.332 e.